The van der Waals surface area contributed by atoms with Gasteiger partial charge in [0.05, 0.1) is 17.6 Å². The minimum absolute atomic E-state index is 0.0973. The number of fused-ring (bicyclic) bond motifs is 1. The number of benzene rings is 1. The maximum atomic E-state index is 14.6. The van der Waals surface area contributed by atoms with E-state index in [-0.39, 0.29) is 30.1 Å². The second-order valence-electron chi connectivity index (χ2n) is 8.87. The Bertz CT molecular complexity index is 1180. The fourth-order valence-corrected chi connectivity index (χ4v) is 3.41. The first-order valence-electron chi connectivity index (χ1n) is 10.5. The van der Waals surface area contributed by atoms with E-state index < -0.39 is 59.4 Å². The summed E-state index contributed by atoms with van der Waals surface area (Å²) in [5.74, 6) is -6.56. The fraction of sp³-hybridized carbons (Fsp3) is 0.455. The molecule has 0 spiro atoms. The molecule has 1 aromatic heterocycles. The van der Waals surface area contributed by atoms with Crippen LogP contribution in [0.1, 0.15) is 32.9 Å². The van der Waals surface area contributed by atoms with Gasteiger partial charge in [-0.1, -0.05) is 6.58 Å². The van der Waals surface area contributed by atoms with Gasteiger partial charge in [0, 0.05) is 12.5 Å². The van der Waals surface area contributed by atoms with Crippen LogP contribution < -0.4 is 9.47 Å². The Morgan fingerprint density at radius 3 is 2.36 bits per heavy atom. The quantitative estimate of drug-likeness (QED) is 0.434. The van der Waals surface area contributed by atoms with E-state index in [2.05, 4.69) is 21.3 Å². The van der Waals surface area contributed by atoms with Gasteiger partial charge in [0.2, 0.25) is 5.88 Å². The number of ether oxygens (including phenoxy) is 3. The van der Waals surface area contributed by atoms with Crippen molar-refractivity contribution in [2.45, 2.75) is 57.2 Å². The molecule has 0 radical (unpaired) electrons. The summed E-state index contributed by atoms with van der Waals surface area (Å²) in [7, 11) is 0. The third-order valence-electron chi connectivity index (χ3n) is 4.86. The van der Waals surface area contributed by atoms with Gasteiger partial charge in [-0.05, 0) is 39.0 Å². The molecule has 1 fully saturated rings. The van der Waals surface area contributed by atoms with Gasteiger partial charge >= 0.3 is 24.3 Å². The van der Waals surface area contributed by atoms with E-state index in [9.17, 15) is 36.6 Å². The van der Waals surface area contributed by atoms with Crippen molar-refractivity contribution in [3.05, 3.63) is 36.5 Å². The van der Waals surface area contributed by atoms with E-state index in [1.165, 1.54) is 0 Å². The lowest BCUT2D eigenvalue weighted by molar-refractivity contribution is -0.274. The van der Waals surface area contributed by atoms with Crippen molar-refractivity contribution in [2.75, 3.05) is 6.54 Å². The molecule has 196 valence electrons. The molecule has 9 nitrogen and oxygen atoms in total. The number of alkyl halides is 5. The predicted molar refractivity (Wildman–Crippen MR) is 114 cm³/mol. The Kier molecular flexibility index (Phi) is 7.01. The number of likely N-dealkylation sites (tertiary alicyclic amines) is 1. The molecular formula is C22H22F5N3O6. The minimum Gasteiger partial charge on any atom is -0.480 e. The van der Waals surface area contributed by atoms with E-state index in [1.807, 2.05) is 0 Å². The van der Waals surface area contributed by atoms with Gasteiger partial charge in [0.1, 0.15) is 23.5 Å². The SMILES string of the molecule is C=CC(F)(F)c1nc2cc(OC(F)(F)F)ccc2nc1O[C@@H]1C[C@@H](C(=O)O)N(C(=O)OC(C)(C)C)C1. The molecule has 36 heavy (non-hydrogen) atoms. The van der Waals surface area contributed by atoms with Crippen LogP contribution in [0.2, 0.25) is 0 Å². The molecule has 1 aliphatic rings. The van der Waals surface area contributed by atoms with Crippen molar-refractivity contribution in [3.63, 3.8) is 0 Å². The number of rotatable bonds is 6. The molecule has 0 bridgehead atoms. The second-order valence-corrected chi connectivity index (χ2v) is 8.87. The molecule has 3 rings (SSSR count). The van der Waals surface area contributed by atoms with Gasteiger partial charge in [-0.25, -0.2) is 19.6 Å². The molecule has 2 heterocycles. The monoisotopic (exact) mass is 519 g/mol. The molecular weight excluding hydrogens is 497 g/mol. The van der Waals surface area contributed by atoms with Crippen molar-refractivity contribution in [1.82, 2.24) is 14.9 Å². The first-order chi connectivity index (χ1) is 16.5. The molecule has 1 N–H and O–H groups in total. The number of nitrogens with zero attached hydrogens (tertiary/aromatic N) is 3. The van der Waals surface area contributed by atoms with Gasteiger partial charge in [-0.3, -0.25) is 4.90 Å². The number of allylic oxidation sites excluding steroid dienone is 1. The summed E-state index contributed by atoms with van der Waals surface area (Å²) in [4.78, 5) is 32.8. The molecule has 1 aliphatic heterocycles. The highest BCUT2D eigenvalue weighted by molar-refractivity contribution is 5.81. The third kappa shape index (κ3) is 6.29. The van der Waals surface area contributed by atoms with Crippen LogP contribution in [-0.4, -0.2) is 62.7 Å². The Morgan fingerprint density at radius 1 is 1.14 bits per heavy atom. The number of carboxylic acid groups (broad SMARTS) is 1. The number of aliphatic carboxylic acids is 1. The van der Waals surface area contributed by atoms with Crippen LogP contribution in [0.25, 0.3) is 11.0 Å². The van der Waals surface area contributed by atoms with Crippen molar-refractivity contribution in [1.29, 1.82) is 0 Å². The van der Waals surface area contributed by atoms with Crippen molar-refractivity contribution < 1.29 is 50.9 Å². The summed E-state index contributed by atoms with van der Waals surface area (Å²) in [5, 5.41) is 9.53. The van der Waals surface area contributed by atoms with Crippen molar-refractivity contribution in [3.8, 4) is 11.6 Å². The van der Waals surface area contributed by atoms with E-state index in [1.54, 1.807) is 20.8 Å². The summed E-state index contributed by atoms with van der Waals surface area (Å²) in [6, 6.07) is 1.40. The molecule has 0 aliphatic carbocycles. The zero-order valence-electron chi connectivity index (χ0n) is 19.3. The molecule has 1 aromatic carbocycles. The Morgan fingerprint density at radius 2 is 1.81 bits per heavy atom. The summed E-state index contributed by atoms with van der Waals surface area (Å²) in [5.41, 5.74) is -2.42. The lowest BCUT2D eigenvalue weighted by Gasteiger charge is -2.26. The Hall–Kier alpha value is -3.71. The number of aromatic nitrogens is 2. The number of carbonyl (C=O) groups excluding carboxylic acids is 1. The second kappa shape index (κ2) is 9.39. The molecule has 0 saturated carbocycles. The average Bonchev–Trinajstić information content (AvgIpc) is 3.15. The summed E-state index contributed by atoms with van der Waals surface area (Å²) in [6.45, 7) is 7.48. The zero-order chi connectivity index (χ0) is 27.1. The normalized spacial score (nSPS) is 18.7. The van der Waals surface area contributed by atoms with Gasteiger partial charge in [-0.15, -0.1) is 13.2 Å². The molecule has 2 atom stereocenters. The zero-order valence-corrected chi connectivity index (χ0v) is 19.3. The standard InChI is InChI=1S/C22H22F5N3O6/c1-5-21(23,24)16-17(29-13-7-6-11(8-14(13)28-16)35-22(25,26)27)34-12-9-15(18(31)32)30(10-12)19(33)36-20(2,3)4/h5-8,12,15H,1,9-10H2,2-4H3,(H,31,32)/t12-,15+/m1/s1. The van der Waals surface area contributed by atoms with Crippen LogP contribution in [0.5, 0.6) is 11.6 Å². The first-order valence-corrected chi connectivity index (χ1v) is 10.5. The lowest BCUT2D eigenvalue weighted by Crippen LogP contribution is -2.43. The van der Waals surface area contributed by atoms with E-state index >= 15 is 0 Å². The number of hydrogen-bond donors (Lipinski definition) is 1. The molecule has 0 unspecified atom stereocenters. The predicted octanol–water partition coefficient (Wildman–Crippen LogP) is 4.65. The number of amides is 1. The van der Waals surface area contributed by atoms with Gasteiger partial charge in [0.25, 0.3) is 0 Å². The third-order valence-corrected chi connectivity index (χ3v) is 4.86. The van der Waals surface area contributed by atoms with E-state index in [0.717, 1.165) is 23.1 Å². The minimum atomic E-state index is -5.01. The maximum absolute atomic E-state index is 14.6. The van der Waals surface area contributed by atoms with Crippen LogP contribution in [0.15, 0.2) is 30.9 Å². The highest BCUT2D eigenvalue weighted by Gasteiger charge is 2.44. The molecule has 2 aromatic rings. The highest BCUT2D eigenvalue weighted by Crippen LogP contribution is 2.37. The van der Waals surface area contributed by atoms with Crippen molar-refractivity contribution >= 4 is 23.1 Å². The number of hydrogen-bond acceptors (Lipinski definition) is 7. The number of carboxylic acids is 1. The Balaban J connectivity index is 1.96. The van der Waals surface area contributed by atoms with E-state index in [4.69, 9.17) is 9.47 Å². The molecule has 1 amide bonds. The summed E-state index contributed by atoms with van der Waals surface area (Å²) < 4.78 is 81.4. The van der Waals surface area contributed by atoms with Gasteiger partial charge in [-0.2, -0.15) is 8.78 Å². The van der Waals surface area contributed by atoms with Crippen LogP contribution in [-0.2, 0) is 15.5 Å². The lowest BCUT2D eigenvalue weighted by atomic mass is 10.2. The number of carbonyl (C=O) groups is 2. The highest BCUT2D eigenvalue weighted by atomic mass is 19.4. The Labute approximate surface area is 201 Å². The summed E-state index contributed by atoms with van der Waals surface area (Å²) >= 11 is 0. The van der Waals surface area contributed by atoms with Gasteiger partial charge < -0.3 is 19.3 Å². The van der Waals surface area contributed by atoms with Crippen LogP contribution in [0.3, 0.4) is 0 Å². The smallest absolute Gasteiger partial charge is 0.480 e. The number of halogens is 5. The van der Waals surface area contributed by atoms with Crippen molar-refractivity contribution in [2.24, 2.45) is 0 Å². The fourth-order valence-electron chi connectivity index (χ4n) is 3.41. The topological polar surface area (TPSA) is 111 Å². The first kappa shape index (κ1) is 26.9. The molecule has 1 saturated heterocycles. The summed E-state index contributed by atoms with van der Waals surface area (Å²) in [6.07, 6.45) is -7.06. The molecule has 14 heteroatoms. The van der Waals surface area contributed by atoms with E-state index in [0.29, 0.717) is 0 Å². The van der Waals surface area contributed by atoms with Crippen LogP contribution >= 0.6 is 0 Å². The van der Waals surface area contributed by atoms with Crippen LogP contribution in [0.4, 0.5) is 26.7 Å². The van der Waals surface area contributed by atoms with Gasteiger partial charge in [0.15, 0.2) is 5.69 Å². The largest absolute Gasteiger partial charge is 0.573 e. The average molecular weight is 519 g/mol. The maximum Gasteiger partial charge on any atom is 0.573 e. The van der Waals surface area contributed by atoms with Crippen LogP contribution in [0, 0.1) is 0 Å².